The Kier molecular flexibility index (Phi) is 2.74. The average Bonchev–Trinajstić information content (AvgIpc) is 3.19. The summed E-state index contributed by atoms with van der Waals surface area (Å²) in [5.74, 6) is 2.08. The quantitative estimate of drug-likeness (QED) is 0.777. The van der Waals surface area contributed by atoms with Crippen molar-refractivity contribution < 1.29 is 4.79 Å². The van der Waals surface area contributed by atoms with Crippen molar-refractivity contribution in [2.45, 2.75) is 38.1 Å². The molecule has 0 radical (unpaired) electrons. The van der Waals surface area contributed by atoms with E-state index in [-0.39, 0.29) is 11.8 Å². The molecule has 6 heteroatoms. The van der Waals surface area contributed by atoms with Crippen LogP contribution in [0.4, 0.5) is 0 Å². The van der Waals surface area contributed by atoms with E-state index < -0.39 is 0 Å². The van der Waals surface area contributed by atoms with Crippen molar-refractivity contribution in [2.24, 2.45) is 5.92 Å². The smallest absolute Gasteiger partial charge is 0.223 e. The van der Waals surface area contributed by atoms with Crippen molar-refractivity contribution in [1.29, 1.82) is 0 Å². The molecule has 2 aliphatic carbocycles. The predicted molar refractivity (Wildman–Crippen MR) is 65.1 cm³/mol. The molecule has 2 fully saturated rings. The SMILES string of the molecule is O=C(NCCn1c(C2CC2)n[nH]c1=S)C1CC1. The first-order valence-corrected chi connectivity index (χ1v) is 6.59. The van der Waals surface area contributed by atoms with Crippen LogP contribution in [0.5, 0.6) is 0 Å². The van der Waals surface area contributed by atoms with Crippen molar-refractivity contribution in [2.75, 3.05) is 6.54 Å². The molecule has 2 N–H and O–H groups in total. The van der Waals surface area contributed by atoms with E-state index in [0.29, 0.717) is 17.2 Å². The van der Waals surface area contributed by atoms with Gasteiger partial charge in [-0.2, -0.15) is 5.10 Å². The summed E-state index contributed by atoms with van der Waals surface area (Å²) < 4.78 is 2.67. The van der Waals surface area contributed by atoms with Crippen LogP contribution in [0.3, 0.4) is 0 Å². The largest absolute Gasteiger partial charge is 0.354 e. The minimum atomic E-state index is 0.188. The molecule has 0 atom stereocenters. The van der Waals surface area contributed by atoms with Crippen LogP contribution in [0, 0.1) is 10.7 Å². The zero-order valence-corrected chi connectivity index (χ0v) is 10.4. The number of carbonyl (C=O) groups excluding carboxylic acids is 1. The number of rotatable bonds is 5. The van der Waals surface area contributed by atoms with E-state index in [2.05, 4.69) is 15.5 Å². The van der Waals surface area contributed by atoms with Gasteiger partial charge in [-0.25, -0.2) is 0 Å². The number of hydrogen-bond donors (Lipinski definition) is 2. The topological polar surface area (TPSA) is 62.7 Å². The fourth-order valence-electron chi connectivity index (χ4n) is 1.98. The fourth-order valence-corrected chi connectivity index (χ4v) is 2.21. The summed E-state index contributed by atoms with van der Waals surface area (Å²) in [6.07, 6.45) is 4.50. The molecule has 1 amide bonds. The second-order valence-corrected chi connectivity index (χ2v) is 5.26. The van der Waals surface area contributed by atoms with E-state index in [9.17, 15) is 4.79 Å². The Morgan fingerprint density at radius 2 is 2.24 bits per heavy atom. The van der Waals surface area contributed by atoms with Crippen molar-refractivity contribution in [3.63, 3.8) is 0 Å². The monoisotopic (exact) mass is 252 g/mol. The summed E-state index contributed by atoms with van der Waals surface area (Å²) in [5, 5.41) is 10.0. The molecule has 0 bridgehead atoms. The average molecular weight is 252 g/mol. The van der Waals surface area contributed by atoms with Gasteiger partial charge in [0.15, 0.2) is 4.77 Å². The molecular weight excluding hydrogens is 236 g/mol. The highest BCUT2D eigenvalue weighted by atomic mass is 32.1. The summed E-state index contributed by atoms with van der Waals surface area (Å²) >= 11 is 5.20. The Hall–Kier alpha value is -1.17. The van der Waals surface area contributed by atoms with Crippen molar-refractivity contribution in [1.82, 2.24) is 20.1 Å². The molecule has 5 nitrogen and oxygen atoms in total. The summed E-state index contributed by atoms with van der Waals surface area (Å²) in [5.41, 5.74) is 0. The van der Waals surface area contributed by atoms with Crippen LogP contribution < -0.4 is 5.32 Å². The molecule has 0 spiro atoms. The van der Waals surface area contributed by atoms with Gasteiger partial charge in [0, 0.05) is 24.9 Å². The van der Waals surface area contributed by atoms with E-state index in [4.69, 9.17) is 12.2 Å². The second-order valence-electron chi connectivity index (χ2n) is 4.88. The number of aromatic nitrogens is 3. The number of H-pyrrole nitrogens is 1. The van der Waals surface area contributed by atoms with E-state index in [1.54, 1.807) is 0 Å². The summed E-state index contributed by atoms with van der Waals surface area (Å²) in [6.45, 7) is 1.36. The minimum absolute atomic E-state index is 0.188. The Balaban J connectivity index is 1.58. The van der Waals surface area contributed by atoms with Gasteiger partial charge in [0.1, 0.15) is 5.82 Å². The maximum atomic E-state index is 11.5. The number of nitrogens with zero attached hydrogens (tertiary/aromatic N) is 2. The first-order chi connectivity index (χ1) is 8.25. The number of nitrogens with one attached hydrogen (secondary N) is 2. The van der Waals surface area contributed by atoms with Gasteiger partial charge < -0.3 is 9.88 Å². The van der Waals surface area contributed by atoms with Crippen LogP contribution in [-0.2, 0) is 11.3 Å². The number of amides is 1. The maximum Gasteiger partial charge on any atom is 0.223 e. The summed E-state index contributed by atoms with van der Waals surface area (Å²) in [6, 6.07) is 0. The molecule has 1 heterocycles. The summed E-state index contributed by atoms with van der Waals surface area (Å²) in [4.78, 5) is 11.5. The highest BCUT2D eigenvalue weighted by Crippen LogP contribution is 2.38. The molecule has 0 saturated heterocycles. The van der Waals surface area contributed by atoms with Gasteiger partial charge in [-0.15, -0.1) is 0 Å². The molecule has 3 rings (SSSR count). The molecule has 1 aromatic rings. The maximum absolute atomic E-state index is 11.5. The zero-order valence-electron chi connectivity index (χ0n) is 9.61. The van der Waals surface area contributed by atoms with E-state index in [1.165, 1.54) is 12.8 Å². The Labute approximate surface area is 105 Å². The lowest BCUT2D eigenvalue weighted by Gasteiger charge is -2.07. The molecule has 0 unspecified atom stereocenters. The number of hydrogen-bond acceptors (Lipinski definition) is 3. The third-order valence-electron chi connectivity index (χ3n) is 3.31. The first kappa shape index (κ1) is 11.0. The van der Waals surface area contributed by atoms with Crippen molar-refractivity contribution in [3.05, 3.63) is 10.6 Å². The number of aromatic amines is 1. The third-order valence-corrected chi connectivity index (χ3v) is 3.62. The zero-order chi connectivity index (χ0) is 11.8. The fraction of sp³-hybridized carbons (Fsp3) is 0.727. The van der Waals surface area contributed by atoms with Gasteiger partial charge in [-0.1, -0.05) is 0 Å². The molecule has 1 aromatic heterocycles. The normalized spacial score (nSPS) is 19.3. The Bertz CT molecular complexity index is 484. The van der Waals surface area contributed by atoms with Crippen molar-refractivity contribution in [3.8, 4) is 0 Å². The summed E-state index contributed by atoms with van der Waals surface area (Å²) in [7, 11) is 0. The van der Waals surface area contributed by atoms with Crippen LogP contribution >= 0.6 is 12.2 Å². The van der Waals surface area contributed by atoms with Crippen LogP contribution in [0.25, 0.3) is 0 Å². The third kappa shape index (κ3) is 2.41. The highest BCUT2D eigenvalue weighted by molar-refractivity contribution is 7.71. The molecule has 92 valence electrons. The van der Waals surface area contributed by atoms with Crippen LogP contribution in [0.2, 0.25) is 0 Å². The Morgan fingerprint density at radius 1 is 1.47 bits per heavy atom. The molecule has 2 saturated carbocycles. The lowest BCUT2D eigenvalue weighted by molar-refractivity contribution is -0.122. The van der Waals surface area contributed by atoms with E-state index >= 15 is 0 Å². The lowest BCUT2D eigenvalue weighted by Crippen LogP contribution is -2.28. The molecule has 2 aliphatic rings. The van der Waals surface area contributed by atoms with E-state index in [1.807, 2.05) is 4.57 Å². The van der Waals surface area contributed by atoms with Gasteiger partial charge in [0.25, 0.3) is 0 Å². The van der Waals surface area contributed by atoms with Gasteiger partial charge in [0.05, 0.1) is 0 Å². The van der Waals surface area contributed by atoms with Gasteiger partial charge in [-0.05, 0) is 37.9 Å². The lowest BCUT2D eigenvalue weighted by atomic mass is 10.4. The van der Waals surface area contributed by atoms with Gasteiger partial charge in [0.2, 0.25) is 5.91 Å². The van der Waals surface area contributed by atoms with Crippen molar-refractivity contribution >= 4 is 18.1 Å². The predicted octanol–water partition coefficient (Wildman–Crippen LogP) is 1.34. The molecule has 0 aliphatic heterocycles. The van der Waals surface area contributed by atoms with Gasteiger partial charge in [-0.3, -0.25) is 9.89 Å². The van der Waals surface area contributed by atoms with Crippen LogP contribution in [0.15, 0.2) is 0 Å². The number of carbonyl (C=O) groups is 1. The highest BCUT2D eigenvalue weighted by Gasteiger charge is 2.30. The second kappa shape index (κ2) is 4.25. The minimum Gasteiger partial charge on any atom is -0.354 e. The van der Waals surface area contributed by atoms with Gasteiger partial charge >= 0.3 is 0 Å². The standard InChI is InChI=1S/C11H16N4OS/c16-10(8-3-4-8)12-5-6-15-9(7-1-2-7)13-14-11(15)17/h7-8H,1-6H2,(H,12,16)(H,14,17). The van der Waals surface area contributed by atoms with E-state index in [0.717, 1.165) is 25.2 Å². The molecule has 0 aromatic carbocycles. The van der Waals surface area contributed by atoms with Crippen LogP contribution in [0.1, 0.15) is 37.4 Å². The van der Waals surface area contributed by atoms with Crippen LogP contribution in [-0.4, -0.2) is 27.2 Å². The Morgan fingerprint density at radius 3 is 2.88 bits per heavy atom. The first-order valence-electron chi connectivity index (χ1n) is 6.18. The molecular formula is C11H16N4OS. The molecule has 17 heavy (non-hydrogen) atoms.